The molecule has 0 aliphatic carbocycles. The van der Waals surface area contributed by atoms with Crippen molar-refractivity contribution in [2.75, 3.05) is 19.8 Å². The second kappa shape index (κ2) is 34.3. The van der Waals surface area contributed by atoms with E-state index in [0.29, 0.717) is 38.7 Å². The molecule has 6 aliphatic heterocycles. The van der Waals surface area contributed by atoms with Crippen LogP contribution in [0.3, 0.4) is 0 Å². The molecule has 16 atom stereocenters. The van der Waals surface area contributed by atoms with Crippen LogP contribution >= 0.6 is 22.6 Å². The van der Waals surface area contributed by atoms with Crippen LogP contribution in [0.2, 0.25) is 90.7 Å². The Morgan fingerprint density at radius 1 is 0.624 bits per heavy atom. The molecule has 1 aromatic rings. The van der Waals surface area contributed by atoms with Crippen LogP contribution in [0, 0.1) is 5.92 Å². The zero-order valence-electron chi connectivity index (χ0n) is 67.8. The van der Waals surface area contributed by atoms with Gasteiger partial charge in [-0.1, -0.05) is 159 Å². The molecule has 6 aliphatic rings. The van der Waals surface area contributed by atoms with Crippen molar-refractivity contribution < 1.29 is 68.5 Å². The van der Waals surface area contributed by atoms with E-state index in [1.165, 1.54) is 0 Å². The standard InChI is InChI=1S/C79H141IO15SSi5/c1-29-55-32-38-61(39-33-55)96(82,83)74(63(81)50-58-36-41-65-70(90-58)72(94-100(25,26)78(13,14)15)73(95-101(27,28)79(16,17)18)71(91-65)66(43-44-80)93-99(23,24)77(10,11)12)62-49-59(48-60(92-98(21,22)76(7,8)9)52-86-97(19,20)75(4,5)6)89-68(62)51-67-53(2)31-34-56(87-67)35-40-64-54(3)47-57(88-64)37-42-69-84-45-30-46-85-69/h32-33,38-39,43-44,56-60,62,64-74H,2-3,29-31,34-37,40-42,45-52H2,1,4-28H3/b44-43+/t56-,57+,58-,59-,60+,62-,64+,65+,66?,67-,68+,70?,71?,72?,73?,74-/m1/s1. The van der Waals surface area contributed by atoms with Gasteiger partial charge in [0.05, 0.1) is 85.8 Å². The first-order valence-electron chi connectivity index (χ1n) is 38.7. The van der Waals surface area contributed by atoms with E-state index in [-0.39, 0.29) is 67.2 Å². The fourth-order valence-corrected chi connectivity index (χ4v) is 22.5. The van der Waals surface area contributed by atoms with E-state index in [2.05, 4.69) is 218 Å². The van der Waals surface area contributed by atoms with Gasteiger partial charge in [0.15, 0.2) is 63.5 Å². The number of Topliss-reactive ketones (excluding diaryl/α,β-unsaturated/α-hetero) is 1. The summed E-state index contributed by atoms with van der Waals surface area (Å²) >= 11 is 2.30. The Bertz CT molecular complexity index is 3030. The molecule has 101 heavy (non-hydrogen) atoms. The molecule has 22 heteroatoms. The maximum absolute atomic E-state index is 16.5. The van der Waals surface area contributed by atoms with E-state index < -0.39 is 129 Å². The van der Waals surface area contributed by atoms with Crippen molar-refractivity contribution in [2.24, 2.45) is 5.92 Å². The molecule has 6 heterocycles. The van der Waals surface area contributed by atoms with Gasteiger partial charge in [-0.2, -0.15) is 0 Å². The molecule has 580 valence electrons. The minimum absolute atomic E-state index is 0.0463. The Hall–Kier alpha value is -0.606. The van der Waals surface area contributed by atoms with Crippen molar-refractivity contribution in [1.29, 1.82) is 0 Å². The summed E-state index contributed by atoms with van der Waals surface area (Å²) in [6, 6.07) is 7.14. The summed E-state index contributed by atoms with van der Waals surface area (Å²) in [5.41, 5.74) is 3.05. The smallest absolute Gasteiger partial charge is 0.193 e. The highest BCUT2D eigenvalue weighted by atomic mass is 127. The van der Waals surface area contributed by atoms with Gasteiger partial charge in [-0.05, 0) is 200 Å². The zero-order chi connectivity index (χ0) is 75.7. The van der Waals surface area contributed by atoms with Gasteiger partial charge in [-0.3, -0.25) is 4.79 Å². The summed E-state index contributed by atoms with van der Waals surface area (Å²) in [7, 11) is -16.8. The molecule has 0 aromatic heterocycles. The largest absolute Gasteiger partial charge is 0.414 e. The predicted molar refractivity (Wildman–Crippen MR) is 432 cm³/mol. The van der Waals surface area contributed by atoms with Crippen LogP contribution in [0.5, 0.6) is 0 Å². The molecule has 6 saturated heterocycles. The normalized spacial score (nSPS) is 29.5. The van der Waals surface area contributed by atoms with Gasteiger partial charge in [0.1, 0.15) is 29.7 Å². The lowest BCUT2D eigenvalue weighted by molar-refractivity contribution is -0.266. The third kappa shape index (κ3) is 22.3. The van der Waals surface area contributed by atoms with Crippen LogP contribution < -0.4 is 0 Å². The minimum Gasteiger partial charge on any atom is -0.414 e. The zero-order valence-corrected chi connectivity index (χ0v) is 75.8. The molecule has 1 aromatic carbocycles. The number of sulfone groups is 1. The molecule has 15 nitrogen and oxygen atoms in total. The van der Waals surface area contributed by atoms with E-state index in [0.717, 1.165) is 87.7 Å². The van der Waals surface area contributed by atoms with Gasteiger partial charge < -0.3 is 55.3 Å². The van der Waals surface area contributed by atoms with Gasteiger partial charge in [0.2, 0.25) is 0 Å². The van der Waals surface area contributed by atoms with Gasteiger partial charge in [0, 0.05) is 31.6 Å². The van der Waals surface area contributed by atoms with Crippen LogP contribution in [0.25, 0.3) is 0 Å². The number of ether oxygens (including phenoxy) is 7. The second-order valence-electron chi connectivity index (χ2n) is 38.4. The summed E-state index contributed by atoms with van der Waals surface area (Å²) in [5, 5.41) is -2.10. The summed E-state index contributed by atoms with van der Waals surface area (Å²) < 4.78 is 120. The van der Waals surface area contributed by atoms with Crippen LogP contribution in [0.4, 0.5) is 0 Å². The number of fused-ring (bicyclic) bond motifs is 1. The van der Waals surface area contributed by atoms with Gasteiger partial charge in [0.25, 0.3) is 0 Å². The Labute approximate surface area is 633 Å². The summed E-state index contributed by atoms with van der Waals surface area (Å²) in [5.74, 6) is -1.17. The van der Waals surface area contributed by atoms with E-state index in [1.807, 2.05) is 16.2 Å². The molecule has 5 unspecified atom stereocenters. The average molecular weight is 1630 g/mol. The maximum Gasteiger partial charge on any atom is 0.193 e. The van der Waals surface area contributed by atoms with Crippen molar-refractivity contribution in [3.63, 3.8) is 0 Å². The quantitative estimate of drug-likeness (QED) is 0.0406. The van der Waals surface area contributed by atoms with E-state index in [1.54, 1.807) is 12.1 Å². The first kappa shape index (κ1) is 87.6. The molecular weight excluding hydrogens is 1490 g/mol. The lowest BCUT2D eigenvalue weighted by Crippen LogP contribution is -2.69. The number of halogens is 1. The van der Waals surface area contributed by atoms with Crippen molar-refractivity contribution in [3.05, 3.63) is 64.3 Å². The van der Waals surface area contributed by atoms with Crippen molar-refractivity contribution in [2.45, 2.75) is 400 Å². The maximum atomic E-state index is 16.5. The number of aryl methyl sites for hydroxylation is 1. The van der Waals surface area contributed by atoms with Gasteiger partial charge in [-0.25, -0.2) is 8.42 Å². The molecular formula is C79H141IO15SSi5. The molecule has 0 radical (unpaired) electrons. The molecule has 0 saturated carbocycles. The molecule has 7 rings (SSSR count). The summed E-state index contributed by atoms with van der Waals surface area (Å²) in [6.45, 7) is 69.7. The first-order chi connectivity index (χ1) is 46.3. The van der Waals surface area contributed by atoms with E-state index in [4.69, 9.17) is 55.3 Å². The summed E-state index contributed by atoms with van der Waals surface area (Å²) in [4.78, 5) is 16.6. The third-order valence-corrected chi connectivity index (χ3v) is 50.6. The van der Waals surface area contributed by atoms with Crippen LogP contribution in [-0.2, 0) is 76.3 Å². The lowest BCUT2D eigenvalue weighted by Gasteiger charge is -2.56. The van der Waals surface area contributed by atoms with Gasteiger partial charge in [-0.15, -0.1) is 0 Å². The summed E-state index contributed by atoms with van der Waals surface area (Å²) in [6.07, 6.45) is 5.02. The molecule has 6 fully saturated rings. The predicted octanol–water partition coefficient (Wildman–Crippen LogP) is 19.9. The fraction of sp³-hybridized carbons (Fsp3) is 0.835. The van der Waals surface area contributed by atoms with Crippen LogP contribution in [0.15, 0.2) is 63.6 Å². The number of hydrogen-bond donors (Lipinski definition) is 0. The number of carbonyl (C=O) groups is 1. The Kier molecular flexibility index (Phi) is 29.8. The molecule has 0 spiro atoms. The highest BCUT2D eigenvalue weighted by Crippen LogP contribution is 2.50. The minimum atomic E-state index is -4.41. The lowest BCUT2D eigenvalue weighted by atomic mass is 9.84. The highest BCUT2D eigenvalue weighted by Gasteiger charge is 2.59. The molecule has 0 bridgehead atoms. The first-order valence-corrected chi connectivity index (χ1v) is 56.0. The van der Waals surface area contributed by atoms with Crippen molar-refractivity contribution in [1.82, 2.24) is 0 Å². The second-order valence-corrected chi connectivity index (χ2v) is 65.0. The Morgan fingerprint density at radius 2 is 1.18 bits per heavy atom. The Morgan fingerprint density at radius 3 is 1.74 bits per heavy atom. The number of benzene rings is 1. The highest BCUT2D eigenvalue weighted by molar-refractivity contribution is 14.1. The third-order valence-electron chi connectivity index (χ3n) is 25.5. The van der Waals surface area contributed by atoms with E-state index in [9.17, 15) is 0 Å². The Balaban J connectivity index is 1.28. The monoisotopic (exact) mass is 1630 g/mol. The molecule has 0 amide bonds. The van der Waals surface area contributed by atoms with Gasteiger partial charge >= 0.3 is 0 Å². The average Bonchev–Trinajstić information content (AvgIpc) is 1.24. The van der Waals surface area contributed by atoms with E-state index >= 15 is 13.2 Å². The molecule has 0 N–H and O–H groups in total. The van der Waals surface area contributed by atoms with Crippen molar-refractivity contribution in [3.8, 4) is 0 Å². The van der Waals surface area contributed by atoms with Crippen LogP contribution in [-0.4, -0.2) is 173 Å². The topological polar surface area (TPSA) is 162 Å². The SMILES string of the molecule is C=C1C[C@H](CCC2OCCCO2)O[C@H]1CC[C@H]1CCC(=C)[C@@H](C[C@@H]2O[C@H](C[C@@H](CO[Si](C)(C)C(C)(C)C)O[Si](C)(C)C(C)(C)C)C[C@H]2[C@H](C(=O)C[C@H]2CC[C@@H]3OC(C(/C=C/I)O[Si](C)(C)C(C)(C)C)C(O[Si](C)(C)C(C)(C)C)C(O[Si](C)(C)C(C)(C)C)C3O2)S(=O)(=O)c2ccc(CC)cc2)O1. The number of rotatable bonds is 30. The fourth-order valence-electron chi connectivity index (χ4n) is 13.8. The van der Waals surface area contributed by atoms with Crippen molar-refractivity contribution >= 4 is 79.8 Å². The number of ketones is 1. The number of carbonyl (C=O) groups excluding carboxylic acids is 1. The van der Waals surface area contributed by atoms with Crippen LogP contribution in [0.1, 0.15) is 206 Å². The number of hydrogen-bond acceptors (Lipinski definition) is 15.